The quantitative estimate of drug-likeness (QED) is 0.377. The van der Waals surface area contributed by atoms with Crippen LogP contribution in [0.4, 0.5) is 0 Å². The molecule has 0 aromatic heterocycles. The second-order valence-corrected chi connectivity index (χ2v) is 1.56. The standard InChI is InChI=1S/ClH.K.Mn.Na.4O/h1H;;;;;;;/q;+1;;+1;;;;-1/p-1. The minimum absolute atomic E-state index is 0. The second-order valence-electron chi connectivity index (χ2n) is 0.378. The average molecular weight is 216 g/mol. The van der Waals surface area contributed by atoms with Crippen LogP contribution in [0.15, 0.2) is 0 Å². The molecular formula is ClKMnNaO4. The fourth-order valence-electron chi connectivity index (χ4n) is 0. The molecule has 0 amide bonds. The summed E-state index contributed by atoms with van der Waals surface area (Å²) in [5.41, 5.74) is 0. The van der Waals surface area contributed by atoms with Crippen molar-refractivity contribution < 1.29 is 122 Å². The molecule has 0 atom stereocenters. The summed E-state index contributed by atoms with van der Waals surface area (Å²) >= 11 is -5.62. The third kappa shape index (κ3) is 68.2. The van der Waals surface area contributed by atoms with Gasteiger partial charge in [-0.25, -0.2) is 0 Å². The van der Waals surface area contributed by atoms with Crippen molar-refractivity contribution in [3.8, 4) is 0 Å². The first-order valence-corrected chi connectivity index (χ1v) is 2.54. The van der Waals surface area contributed by atoms with E-state index in [1.165, 1.54) is 0 Å². The van der Waals surface area contributed by atoms with Gasteiger partial charge < -0.3 is 12.4 Å². The van der Waals surface area contributed by atoms with Crippen LogP contribution in [-0.4, -0.2) is 0 Å². The monoisotopic (exact) mass is 216 g/mol. The fourth-order valence-corrected chi connectivity index (χ4v) is 0. The molecule has 4 nitrogen and oxygen atoms in total. The molecule has 0 N–H and O–H groups in total. The van der Waals surface area contributed by atoms with Gasteiger partial charge in [0.05, 0.1) is 0 Å². The third-order valence-corrected chi connectivity index (χ3v) is 0. The van der Waals surface area contributed by atoms with E-state index in [0.29, 0.717) is 0 Å². The molecule has 0 spiro atoms. The Labute approximate surface area is 119 Å². The molecule has 0 aliphatic carbocycles. The van der Waals surface area contributed by atoms with E-state index < -0.39 is 13.0 Å². The van der Waals surface area contributed by atoms with Crippen molar-refractivity contribution in [1.82, 2.24) is 0 Å². The molecule has 40 valence electrons. The minimum atomic E-state index is -5.62. The van der Waals surface area contributed by atoms with Gasteiger partial charge in [0.25, 0.3) is 0 Å². The zero-order valence-corrected chi connectivity index (χ0v) is 11.4. The molecule has 0 rings (SSSR count). The van der Waals surface area contributed by atoms with Crippen molar-refractivity contribution >= 4 is 0 Å². The molecule has 0 heterocycles. The first kappa shape index (κ1) is 22.4. The van der Waals surface area contributed by atoms with Crippen molar-refractivity contribution in [3.63, 3.8) is 0 Å². The van der Waals surface area contributed by atoms with Gasteiger partial charge in [-0.15, -0.1) is 0 Å². The molecular weight excluding hydrogens is 216 g/mol. The van der Waals surface area contributed by atoms with Crippen LogP contribution in [0.2, 0.25) is 0 Å². The van der Waals surface area contributed by atoms with Crippen LogP contribution >= 0.6 is 0 Å². The number of rotatable bonds is 0. The molecule has 0 saturated heterocycles. The Balaban J connectivity index is -0.0000000267. The van der Waals surface area contributed by atoms with Crippen LogP contribution in [0, 0.1) is 0 Å². The van der Waals surface area contributed by atoms with Crippen LogP contribution in [0.5, 0.6) is 0 Å². The van der Waals surface area contributed by atoms with E-state index in [1.807, 2.05) is 0 Å². The maximum atomic E-state index is 8.58. The molecule has 0 unspecified atom stereocenters. The fraction of sp³-hybridized carbons (Fsp3) is 0. The van der Waals surface area contributed by atoms with Crippen LogP contribution < -0.4 is 97.5 Å². The van der Waals surface area contributed by atoms with Gasteiger partial charge in [0, 0.05) is 0 Å². The molecule has 0 aliphatic heterocycles. The molecule has 8 heteroatoms. The Morgan fingerprint density at radius 1 is 1.12 bits per heavy atom. The number of hydrogen-bond acceptors (Lipinski definition) is 4. The summed E-state index contributed by atoms with van der Waals surface area (Å²) < 4.78 is 34.3. The van der Waals surface area contributed by atoms with Gasteiger partial charge in [0.15, 0.2) is 0 Å². The van der Waals surface area contributed by atoms with Gasteiger partial charge in [0.1, 0.15) is 0 Å². The molecule has 8 heavy (non-hydrogen) atoms. The van der Waals surface area contributed by atoms with E-state index in [9.17, 15) is 0 Å². The van der Waals surface area contributed by atoms with E-state index in [0.717, 1.165) is 0 Å². The van der Waals surface area contributed by atoms with Gasteiger partial charge in [0.2, 0.25) is 0 Å². The number of halogens is 1. The average Bonchev–Trinajstić information content (AvgIpc) is 0.722. The molecule has 0 aromatic carbocycles. The summed E-state index contributed by atoms with van der Waals surface area (Å²) in [6, 6.07) is 0. The summed E-state index contributed by atoms with van der Waals surface area (Å²) in [6.07, 6.45) is 0. The molecule has 0 fully saturated rings. The maximum absolute atomic E-state index is 8.58. The van der Waals surface area contributed by atoms with Crippen LogP contribution in [-0.2, 0) is 24.5 Å². The number of hydrogen-bond donors (Lipinski definition) is 0. The summed E-state index contributed by atoms with van der Waals surface area (Å²) in [5, 5.41) is 0. The van der Waals surface area contributed by atoms with Crippen molar-refractivity contribution in [2.45, 2.75) is 0 Å². The van der Waals surface area contributed by atoms with Crippen LogP contribution in [0.1, 0.15) is 0 Å². The normalized spacial score (nSPS) is 7.12. The summed E-state index contributed by atoms with van der Waals surface area (Å²) in [7, 11) is 0. The zero-order chi connectivity index (χ0) is 4.50. The van der Waals surface area contributed by atoms with E-state index in [4.69, 9.17) is 15.7 Å². The molecule has 0 radical (unpaired) electrons. The van der Waals surface area contributed by atoms with Crippen molar-refractivity contribution in [2.24, 2.45) is 0 Å². The van der Waals surface area contributed by atoms with Gasteiger partial charge in [-0.3, -0.25) is 0 Å². The molecule has 0 aliphatic rings. The first-order chi connectivity index (χ1) is 2.00. The van der Waals surface area contributed by atoms with E-state index >= 15 is 0 Å². The predicted molar refractivity (Wildman–Crippen MR) is 2.06 cm³/mol. The Morgan fingerprint density at radius 3 is 1.12 bits per heavy atom. The Morgan fingerprint density at radius 2 is 1.12 bits per heavy atom. The van der Waals surface area contributed by atoms with Crippen molar-refractivity contribution in [3.05, 3.63) is 0 Å². The van der Waals surface area contributed by atoms with Crippen molar-refractivity contribution in [2.75, 3.05) is 0 Å². The van der Waals surface area contributed by atoms with Crippen LogP contribution in [0.25, 0.3) is 0 Å². The van der Waals surface area contributed by atoms with Gasteiger partial charge in [-0.1, -0.05) is 0 Å². The second kappa shape index (κ2) is 9.81. The summed E-state index contributed by atoms with van der Waals surface area (Å²) in [6.45, 7) is 0. The SMILES string of the molecule is [Cl-].[K+].[Na+].[O]=[Mn](=[O])(=[O])[O-]. The third-order valence-electron chi connectivity index (χ3n) is 0. The van der Waals surface area contributed by atoms with E-state index in [1.54, 1.807) is 0 Å². The topological polar surface area (TPSA) is 74.3 Å². The summed E-state index contributed by atoms with van der Waals surface area (Å²) in [4.78, 5) is 0. The van der Waals surface area contributed by atoms with E-state index in [2.05, 4.69) is 0 Å². The van der Waals surface area contributed by atoms with E-state index in [-0.39, 0.29) is 93.3 Å². The van der Waals surface area contributed by atoms with Gasteiger partial charge >= 0.3 is 110 Å². The zero-order valence-electron chi connectivity index (χ0n) is 4.39. The first-order valence-electron chi connectivity index (χ1n) is 0.617. The van der Waals surface area contributed by atoms with Crippen molar-refractivity contribution in [1.29, 1.82) is 0 Å². The summed E-state index contributed by atoms with van der Waals surface area (Å²) in [5.74, 6) is 0. The van der Waals surface area contributed by atoms with Gasteiger partial charge in [-0.05, 0) is 0 Å². The van der Waals surface area contributed by atoms with Gasteiger partial charge in [-0.2, -0.15) is 0 Å². The Bertz CT molecular complexity index is 137. The molecule has 0 aromatic rings. The van der Waals surface area contributed by atoms with Crippen LogP contribution in [0.3, 0.4) is 0 Å². The molecule has 0 bridgehead atoms. The Hall–Kier alpha value is 2.81. The predicted octanol–water partition coefficient (Wildman–Crippen LogP) is -10.5. The molecule has 0 saturated carbocycles. The Kier molecular flexibility index (Phi) is 27.5.